The molecule has 10 nitrogen and oxygen atoms in total. The molecule has 0 bridgehead atoms. The first-order valence-electron chi connectivity index (χ1n) is 7.62. The lowest BCUT2D eigenvalue weighted by Gasteiger charge is -2.10. The first-order chi connectivity index (χ1) is 12.6. The number of imidazole rings is 1. The molecule has 1 aromatic carbocycles. The van der Waals surface area contributed by atoms with Crippen LogP contribution in [-0.4, -0.2) is 37.0 Å². The van der Waals surface area contributed by atoms with Crippen molar-refractivity contribution in [2.24, 2.45) is 0 Å². The Kier molecular flexibility index (Phi) is 4.83. The lowest BCUT2D eigenvalue weighted by Crippen LogP contribution is -2.08. The molecule has 0 unspecified atom stereocenters. The summed E-state index contributed by atoms with van der Waals surface area (Å²) in [5.41, 5.74) is 0.462. The third kappa shape index (κ3) is 3.48. The van der Waals surface area contributed by atoms with Gasteiger partial charge in [-0.2, -0.15) is 0 Å². The molecule has 3 rings (SSSR count). The maximum Gasteiger partial charge on any atom is 0.354 e. The second-order valence-corrected chi connectivity index (χ2v) is 5.05. The van der Waals surface area contributed by atoms with Crippen molar-refractivity contribution in [3.05, 3.63) is 65.0 Å². The number of nitrogens with one attached hydrogen (secondary N) is 1. The van der Waals surface area contributed by atoms with E-state index in [9.17, 15) is 14.9 Å². The van der Waals surface area contributed by atoms with E-state index in [0.29, 0.717) is 11.3 Å². The third-order valence-corrected chi connectivity index (χ3v) is 3.37. The van der Waals surface area contributed by atoms with Crippen LogP contribution in [0, 0.1) is 10.1 Å². The van der Waals surface area contributed by atoms with E-state index in [-0.39, 0.29) is 23.9 Å². The largest absolute Gasteiger partial charge is 0.462 e. The normalized spacial score (nSPS) is 10.3. The third-order valence-electron chi connectivity index (χ3n) is 3.37. The summed E-state index contributed by atoms with van der Waals surface area (Å²) in [6.07, 6.45) is 5.64. The van der Waals surface area contributed by atoms with Gasteiger partial charge in [0.25, 0.3) is 0 Å². The number of hydrogen-bond donors (Lipinski definition) is 1. The molecule has 2 heterocycles. The van der Waals surface area contributed by atoms with Crippen LogP contribution < -0.4 is 5.32 Å². The van der Waals surface area contributed by atoms with Gasteiger partial charge in [0.15, 0.2) is 0 Å². The molecule has 0 aliphatic heterocycles. The van der Waals surface area contributed by atoms with Gasteiger partial charge in [-0.05, 0) is 25.1 Å². The molecule has 0 aliphatic carbocycles. The van der Waals surface area contributed by atoms with Crippen LogP contribution >= 0.6 is 0 Å². The summed E-state index contributed by atoms with van der Waals surface area (Å²) < 4.78 is 6.37. The van der Waals surface area contributed by atoms with E-state index in [2.05, 4.69) is 20.3 Å². The van der Waals surface area contributed by atoms with Crippen molar-refractivity contribution in [2.45, 2.75) is 6.92 Å². The van der Waals surface area contributed by atoms with Gasteiger partial charge in [0, 0.05) is 18.1 Å². The maximum atomic E-state index is 11.8. The number of benzene rings is 1. The van der Waals surface area contributed by atoms with Crippen LogP contribution in [0.4, 0.5) is 17.2 Å². The van der Waals surface area contributed by atoms with E-state index < -0.39 is 10.9 Å². The fourth-order valence-corrected chi connectivity index (χ4v) is 2.28. The van der Waals surface area contributed by atoms with Gasteiger partial charge in [0.1, 0.15) is 12.7 Å². The quantitative estimate of drug-likeness (QED) is 0.406. The number of hydrogen-bond acceptors (Lipinski definition) is 8. The Balaban J connectivity index is 1.98. The summed E-state index contributed by atoms with van der Waals surface area (Å²) in [6.45, 7) is 1.96. The van der Waals surface area contributed by atoms with Crippen molar-refractivity contribution < 1.29 is 14.5 Å². The summed E-state index contributed by atoms with van der Waals surface area (Å²) in [5, 5.41) is 14.4. The lowest BCUT2D eigenvalue weighted by atomic mass is 10.2. The Hall–Kier alpha value is -3.82. The Bertz CT molecular complexity index is 942. The van der Waals surface area contributed by atoms with Gasteiger partial charge in [0.2, 0.25) is 11.6 Å². The Morgan fingerprint density at radius 2 is 2.23 bits per heavy atom. The van der Waals surface area contributed by atoms with Gasteiger partial charge in [-0.25, -0.2) is 19.7 Å². The summed E-state index contributed by atoms with van der Waals surface area (Å²) in [4.78, 5) is 34.6. The number of carbonyl (C=O) groups is 1. The van der Waals surface area contributed by atoms with Crippen LogP contribution in [0.1, 0.15) is 17.3 Å². The molecule has 26 heavy (non-hydrogen) atoms. The molecule has 0 aliphatic rings. The molecule has 10 heteroatoms. The topological polar surface area (TPSA) is 125 Å². The minimum Gasteiger partial charge on any atom is -0.462 e. The SMILES string of the molecule is CCOC(=O)c1cccc(Nc2ncnc(-n3ccnc3)c2[N+](=O)[O-])c1. The first-order valence-corrected chi connectivity index (χ1v) is 7.62. The Labute approximate surface area is 147 Å². The number of anilines is 2. The van der Waals surface area contributed by atoms with Gasteiger partial charge in [-0.15, -0.1) is 0 Å². The number of rotatable bonds is 6. The van der Waals surface area contributed by atoms with E-state index in [1.165, 1.54) is 29.5 Å². The molecule has 0 radical (unpaired) electrons. The smallest absolute Gasteiger partial charge is 0.354 e. The van der Waals surface area contributed by atoms with Gasteiger partial charge in [-0.1, -0.05) is 6.07 Å². The van der Waals surface area contributed by atoms with Gasteiger partial charge >= 0.3 is 11.7 Å². The van der Waals surface area contributed by atoms with Gasteiger partial charge in [0.05, 0.1) is 17.1 Å². The molecule has 0 amide bonds. The fourth-order valence-electron chi connectivity index (χ4n) is 2.28. The van der Waals surface area contributed by atoms with Crippen molar-refractivity contribution in [3.8, 4) is 5.82 Å². The first kappa shape index (κ1) is 17.0. The van der Waals surface area contributed by atoms with Crippen molar-refractivity contribution in [2.75, 3.05) is 11.9 Å². The summed E-state index contributed by atoms with van der Waals surface area (Å²) >= 11 is 0. The van der Waals surface area contributed by atoms with Crippen molar-refractivity contribution >= 4 is 23.2 Å². The number of nitro groups is 1. The standard InChI is InChI=1S/C16H14N6O4/c1-2-26-16(23)11-4-3-5-12(8-11)20-14-13(22(24)25)15(19-9-18-14)21-7-6-17-10-21/h3-10H,2H2,1H3,(H,18,19,20). The summed E-state index contributed by atoms with van der Waals surface area (Å²) in [5.74, 6) is -0.409. The monoisotopic (exact) mass is 354 g/mol. The van der Waals surface area contributed by atoms with E-state index >= 15 is 0 Å². The van der Waals surface area contributed by atoms with Crippen LogP contribution in [0.25, 0.3) is 5.82 Å². The van der Waals surface area contributed by atoms with E-state index in [0.717, 1.165) is 0 Å². The zero-order valence-electron chi connectivity index (χ0n) is 13.7. The molecule has 1 N–H and O–H groups in total. The highest BCUT2D eigenvalue weighted by molar-refractivity contribution is 5.90. The van der Waals surface area contributed by atoms with Crippen molar-refractivity contribution in [1.29, 1.82) is 0 Å². The average Bonchev–Trinajstić information content (AvgIpc) is 3.16. The Morgan fingerprint density at radius 3 is 2.92 bits per heavy atom. The molecule has 3 aromatic rings. The number of aromatic nitrogens is 4. The summed E-state index contributed by atoms with van der Waals surface area (Å²) in [7, 11) is 0. The number of carbonyl (C=O) groups excluding carboxylic acids is 1. The van der Waals surface area contributed by atoms with Crippen LogP contribution in [-0.2, 0) is 4.74 Å². The highest BCUT2D eigenvalue weighted by Gasteiger charge is 2.24. The minimum absolute atomic E-state index is 0.00490. The lowest BCUT2D eigenvalue weighted by molar-refractivity contribution is -0.384. The van der Waals surface area contributed by atoms with Crippen LogP contribution in [0.3, 0.4) is 0 Å². The molecule has 0 saturated heterocycles. The summed E-state index contributed by atoms with van der Waals surface area (Å²) in [6, 6.07) is 6.42. The molecule has 0 saturated carbocycles. The second-order valence-electron chi connectivity index (χ2n) is 5.05. The Morgan fingerprint density at radius 1 is 1.38 bits per heavy atom. The molecule has 132 valence electrons. The number of ether oxygens (including phenoxy) is 1. The molecule has 0 atom stereocenters. The van der Waals surface area contributed by atoms with Crippen LogP contribution in [0.5, 0.6) is 0 Å². The molecule has 2 aromatic heterocycles. The minimum atomic E-state index is -0.577. The molecular weight excluding hydrogens is 340 g/mol. The van der Waals surface area contributed by atoms with Crippen LogP contribution in [0.15, 0.2) is 49.3 Å². The van der Waals surface area contributed by atoms with Crippen molar-refractivity contribution in [1.82, 2.24) is 19.5 Å². The van der Waals surface area contributed by atoms with E-state index in [1.807, 2.05) is 0 Å². The van der Waals surface area contributed by atoms with Gasteiger partial charge in [-0.3, -0.25) is 14.7 Å². The van der Waals surface area contributed by atoms with Crippen molar-refractivity contribution in [3.63, 3.8) is 0 Å². The maximum absolute atomic E-state index is 11.8. The molecule has 0 fully saturated rings. The number of esters is 1. The zero-order chi connectivity index (χ0) is 18.5. The zero-order valence-corrected chi connectivity index (χ0v) is 13.7. The molecule has 0 spiro atoms. The highest BCUT2D eigenvalue weighted by Crippen LogP contribution is 2.30. The fraction of sp³-hybridized carbons (Fsp3) is 0.125. The van der Waals surface area contributed by atoms with E-state index in [1.54, 1.807) is 31.3 Å². The van der Waals surface area contributed by atoms with E-state index in [4.69, 9.17) is 4.74 Å². The van der Waals surface area contributed by atoms with Crippen LogP contribution in [0.2, 0.25) is 0 Å². The average molecular weight is 354 g/mol. The predicted octanol–water partition coefficient (Wildman–Crippen LogP) is 2.49. The number of nitrogens with zero attached hydrogens (tertiary/aromatic N) is 5. The molecular formula is C16H14N6O4. The van der Waals surface area contributed by atoms with Gasteiger partial charge < -0.3 is 10.1 Å². The predicted molar refractivity (Wildman–Crippen MR) is 91.5 cm³/mol. The second kappa shape index (κ2) is 7.38. The highest BCUT2D eigenvalue weighted by atomic mass is 16.6.